The maximum absolute atomic E-state index is 11.9. The third-order valence-corrected chi connectivity index (χ3v) is 2.20. The molecule has 0 aliphatic heterocycles. The van der Waals surface area contributed by atoms with Gasteiger partial charge in [-0.05, 0) is 32.9 Å². The van der Waals surface area contributed by atoms with E-state index >= 15 is 0 Å². The van der Waals surface area contributed by atoms with E-state index in [9.17, 15) is 4.79 Å². The Morgan fingerprint density at radius 2 is 1.88 bits per heavy atom. The maximum atomic E-state index is 11.9. The Balaban J connectivity index is 2.89. The molecule has 4 heteroatoms. The zero-order valence-corrected chi connectivity index (χ0v) is 11.1. The SMILES string of the molecule is CNc1ccccc1N(C)C(=O)OC(C)(C)C. The van der Waals surface area contributed by atoms with E-state index in [4.69, 9.17) is 4.74 Å². The van der Waals surface area contributed by atoms with Gasteiger partial charge in [0.15, 0.2) is 0 Å². The summed E-state index contributed by atoms with van der Waals surface area (Å²) in [5.41, 5.74) is 1.20. The average Bonchev–Trinajstić information content (AvgIpc) is 2.25. The molecule has 0 aliphatic carbocycles. The smallest absolute Gasteiger partial charge is 0.414 e. The summed E-state index contributed by atoms with van der Waals surface area (Å²) in [6.45, 7) is 5.55. The van der Waals surface area contributed by atoms with Crippen molar-refractivity contribution in [1.82, 2.24) is 0 Å². The van der Waals surface area contributed by atoms with E-state index in [0.717, 1.165) is 11.4 Å². The van der Waals surface area contributed by atoms with E-state index in [2.05, 4.69) is 5.32 Å². The minimum absolute atomic E-state index is 0.361. The monoisotopic (exact) mass is 236 g/mol. The van der Waals surface area contributed by atoms with Crippen LogP contribution < -0.4 is 10.2 Å². The fraction of sp³-hybridized carbons (Fsp3) is 0.462. The molecule has 4 nitrogen and oxygen atoms in total. The molecule has 0 saturated heterocycles. The summed E-state index contributed by atoms with van der Waals surface area (Å²) in [5.74, 6) is 0. The van der Waals surface area contributed by atoms with Crippen LogP contribution in [0.25, 0.3) is 0 Å². The molecule has 1 amide bonds. The van der Waals surface area contributed by atoms with Crippen LogP contribution in [0.4, 0.5) is 16.2 Å². The summed E-state index contributed by atoms with van der Waals surface area (Å²) < 4.78 is 5.31. The third-order valence-electron chi connectivity index (χ3n) is 2.20. The number of nitrogens with zero attached hydrogens (tertiary/aromatic N) is 1. The van der Waals surface area contributed by atoms with Crippen molar-refractivity contribution in [2.75, 3.05) is 24.3 Å². The maximum Gasteiger partial charge on any atom is 0.414 e. The van der Waals surface area contributed by atoms with E-state index in [1.54, 1.807) is 7.05 Å². The average molecular weight is 236 g/mol. The van der Waals surface area contributed by atoms with Crippen LogP contribution in [0.15, 0.2) is 24.3 Å². The molecule has 0 aliphatic rings. The van der Waals surface area contributed by atoms with Gasteiger partial charge in [-0.25, -0.2) is 4.79 Å². The predicted molar refractivity (Wildman–Crippen MR) is 70.6 cm³/mol. The predicted octanol–water partition coefficient (Wildman–Crippen LogP) is 3.10. The number of amides is 1. The molecule has 1 N–H and O–H groups in total. The van der Waals surface area contributed by atoms with Crippen LogP contribution in [0.5, 0.6) is 0 Å². The number of rotatable bonds is 2. The number of carbonyl (C=O) groups excluding carboxylic acids is 1. The standard InChI is InChI=1S/C13H20N2O2/c1-13(2,3)17-12(16)15(5)11-9-7-6-8-10(11)14-4/h6-9,14H,1-5H3. The lowest BCUT2D eigenvalue weighted by Crippen LogP contribution is -2.34. The Morgan fingerprint density at radius 1 is 1.29 bits per heavy atom. The summed E-state index contributed by atoms with van der Waals surface area (Å²) in [4.78, 5) is 13.4. The number of anilines is 2. The van der Waals surface area contributed by atoms with Gasteiger partial charge in [-0.1, -0.05) is 12.1 Å². The number of hydrogen-bond donors (Lipinski definition) is 1. The lowest BCUT2D eigenvalue weighted by atomic mass is 10.2. The topological polar surface area (TPSA) is 41.6 Å². The Kier molecular flexibility index (Phi) is 3.99. The van der Waals surface area contributed by atoms with Crippen molar-refractivity contribution in [2.45, 2.75) is 26.4 Å². The fourth-order valence-electron chi connectivity index (χ4n) is 1.41. The van der Waals surface area contributed by atoms with Crippen molar-refractivity contribution in [3.8, 4) is 0 Å². The summed E-state index contributed by atoms with van der Waals surface area (Å²) in [5, 5.41) is 3.04. The minimum atomic E-state index is -0.486. The van der Waals surface area contributed by atoms with Crippen LogP contribution in [0.3, 0.4) is 0 Å². The number of para-hydroxylation sites is 2. The first-order valence-electron chi connectivity index (χ1n) is 5.58. The molecule has 0 bridgehead atoms. The van der Waals surface area contributed by atoms with Gasteiger partial charge >= 0.3 is 6.09 Å². The molecule has 1 rings (SSSR count). The summed E-state index contributed by atoms with van der Waals surface area (Å²) >= 11 is 0. The highest BCUT2D eigenvalue weighted by atomic mass is 16.6. The largest absolute Gasteiger partial charge is 0.443 e. The number of benzene rings is 1. The zero-order chi connectivity index (χ0) is 13.1. The Morgan fingerprint density at radius 3 is 2.41 bits per heavy atom. The van der Waals surface area contributed by atoms with E-state index in [1.807, 2.05) is 52.1 Å². The van der Waals surface area contributed by atoms with Gasteiger partial charge < -0.3 is 10.1 Å². The van der Waals surface area contributed by atoms with Crippen molar-refractivity contribution in [3.05, 3.63) is 24.3 Å². The number of nitrogens with one attached hydrogen (secondary N) is 1. The second kappa shape index (κ2) is 5.08. The quantitative estimate of drug-likeness (QED) is 0.857. The second-order valence-corrected chi connectivity index (χ2v) is 4.81. The van der Waals surface area contributed by atoms with Crippen molar-refractivity contribution in [1.29, 1.82) is 0 Å². The molecule has 0 fully saturated rings. The van der Waals surface area contributed by atoms with E-state index in [1.165, 1.54) is 4.90 Å². The van der Waals surface area contributed by atoms with Gasteiger partial charge in [0, 0.05) is 14.1 Å². The molecule has 0 radical (unpaired) electrons. The fourth-order valence-corrected chi connectivity index (χ4v) is 1.41. The van der Waals surface area contributed by atoms with Crippen molar-refractivity contribution < 1.29 is 9.53 Å². The van der Waals surface area contributed by atoms with Crippen LogP contribution in [-0.2, 0) is 4.74 Å². The Hall–Kier alpha value is -1.71. The molecular formula is C13H20N2O2. The zero-order valence-electron chi connectivity index (χ0n) is 11.1. The third kappa shape index (κ3) is 3.66. The van der Waals surface area contributed by atoms with Gasteiger partial charge in [0.1, 0.15) is 5.60 Å². The van der Waals surface area contributed by atoms with Gasteiger partial charge in [0.25, 0.3) is 0 Å². The van der Waals surface area contributed by atoms with E-state index in [0.29, 0.717) is 0 Å². The van der Waals surface area contributed by atoms with E-state index in [-0.39, 0.29) is 6.09 Å². The second-order valence-electron chi connectivity index (χ2n) is 4.81. The van der Waals surface area contributed by atoms with Crippen molar-refractivity contribution in [2.24, 2.45) is 0 Å². The van der Waals surface area contributed by atoms with Crippen LogP contribution in [0.1, 0.15) is 20.8 Å². The molecule has 1 aromatic carbocycles. The molecule has 0 atom stereocenters. The van der Waals surface area contributed by atoms with Gasteiger partial charge in [0.05, 0.1) is 11.4 Å². The summed E-state index contributed by atoms with van der Waals surface area (Å²) in [7, 11) is 3.52. The highest BCUT2D eigenvalue weighted by Gasteiger charge is 2.21. The first-order chi connectivity index (χ1) is 7.85. The molecule has 0 aromatic heterocycles. The molecule has 0 heterocycles. The molecule has 0 saturated carbocycles. The van der Waals surface area contributed by atoms with Gasteiger partial charge in [-0.3, -0.25) is 4.90 Å². The van der Waals surface area contributed by atoms with Gasteiger partial charge in [0.2, 0.25) is 0 Å². The molecular weight excluding hydrogens is 216 g/mol. The summed E-state index contributed by atoms with van der Waals surface area (Å²) in [6, 6.07) is 7.58. The lowest BCUT2D eigenvalue weighted by Gasteiger charge is -2.25. The molecule has 0 unspecified atom stereocenters. The normalized spacial score (nSPS) is 10.9. The van der Waals surface area contributed by atoms with Gasteiger partial charge in [-0.15, -0.1) is 0 Å². The number of hydrogen-bond acceptors (Lipinski definition) is 3. The van der Waals surface area contributed by atoms with Gasteiger partial charge in [-0.2, -0.15) is 0 Å². The number of carbonyl (C=O) groups is 1. The van der Waals surface area contributed by atoms with E-state index < -0.39 is 5.60 Å². The van der Waals surface area contributed by atoms with Crippen LogP contribution in [-0.4, -0.2) is 25.8 Å². The van der Waals surface area contributed by atoms with Crippen molar-refractivity contribution >= 4 is 17.5 Å². The minimum Gasteiger partial charge on any atom is -0.443 e. The molecule has 17 heavy (non-hydrogen) atoms. The molecule has 1 aromatic rings. The highest BCUT2D eigenvalue weighted by molar-refractivity contribution is 5.91. The first kappa shape index (κ1) is 13.4. The van der Waals surface area contributed by atoms with Crippen LogP contribution in [0, 0.1) is 0 Å². The Bertz CT molecular complexity index is 397. The highest BCUT2D eigenvalue weighted by Crippen LogP contribution is 2.25. The summed E-state index contributed by atoms with van der Waals surface area (Å²) in [6.07, 6.45) is -0.361. The first-order valence-corrected chi connectivity index (χ1v) is 5.58. The lowest BCUT2D eigenvalue weighted by molar-refractivity contribution is 0.0589. The number of ether oxygens (including phenoxy) is 1. The van der Waals surface area contributed by atoms with Crippen LogP contribution in [0.2, 0.25) is 0 Å². The molecule has 0 spiro atoms. The van der Waals surface area contributed by atoms with Crippen LogP contribution >= 0.6 is 0 Å². The molecule has 94 valence electrons. The Labute approximate surface area is 103 Å². The van der Waals surface area contributed by atoms with Crippen molar-refractivity contribution in [3.63, 3.8) is 0 Å².